The summed E-state index contributed by atoms with van der Waals surface area (Å²) in [6, 6.07) is 18.4. The van der Waals surface area contributed by atoms with Crippen LogP contribution in [-0.2, 0) is 25.5 Å². The molecule has 0 saturated carbocycles. The van der Waals surface area contributed by atoms with Gasteiger partial charge in [0.05, 0.1) is 13.2 Å². The number of carbonyl (C=O) groups is 2. The minimum absolute atomic E-state index is 0.225. The number of hydrogen-bond donors (Lipinski definition) is 0. The Bertz CT molecular complexity index is 966. The van der Waals surface area contributed by atoms with Crippen LogP contribution in [0.3, 0.4) is 0 Å². The first-order chi connectivity index (χ1) is 14.6. The zero-order valence-corrected chi connectivity index (χ0v) is 18.1. The van der Waals surface area contributed by atoms with E-state index in [0.29, 0.717) is 6.42 Å². The van der Waals surface area contributed by atoms with E-state index in [9.17, 15) is 9.59 Å². The lowest BCUT2D eigenvalue weighted by Crippen LogP contribution is -2.44. The summed E-state index contributed by atoms with van der Waals surface area (Å²) < 4.78 is 10.9. The molecule has 0 bridgehead atoms. The zero-order chi connectivity index (χ0) is 21.6. The normalized spacial score (nSPS) is 11.6. The molecule has 0 amide bonds. The van der Waals surface area contributed by atoms with Crippen LogP contribution in [0.4, 0.5) is 0 Å². The maximum absolute atomic E-state index is 13.2. The smallest absolute Gasteiger partial charge is 0.323 e. The fourth-order valence-electron chi connectivity index (χ4n) is 4.14. The summed E-state index contributed by atoms with van der Waals surface area (Å²) >= 11 is 0. The minimum Gasteiger partial charge on any atom is -0.465 e. The third-order valence-electron chi connectivity index (χ3n) is 5.65. The second-order valence-corrected chi connectivity index (χ2v) is 7.60. The molecule has 0 saturated heterocycles. The van der Waals surface area contributed by atoms with E-state index in [2.05, 4.69) is 30.3 Å². The number of benzene rings is 3. The molecule has 0 aromatic heterocycles. The molecular weight excluding hydrogens is 376 g/mol. The summed E-state index contributed by atoms with van der Waals surface area (Å²) in [5.41, 5.74) is -0.365. The highest BCUT2D eigenvalue weighted by atomic mass is 16.6. The van der Waals surface area contributed by atoms with Crippen LogP contribution in [0, 0.1) is 5.41 Å². The lowest BCUT2D eigenvalue weighted by atomic mass is 9.75. The molecule has 0 aliphatic heterocycles. The molecule has 0 aliphatic rings. The van der Waals surface area contributed by atoms with Gasteiger partial charge < -0.3 is 9.47 Å². The molecule has 4 nitrogen and oxygen atoms in total. The van der Waals surface area contributed by atoms with Gasteiger partial charge in [-0.3, -0.25) is 9.59 Å². The Hall–Kier alpha value is -2.88. The molecule has 3 aromatic carbocycles. The van der Waals surface area contributed by atoms with E-state index >= 15 is 0 Å². The highest BCUT2D eigenvalue weighted by Crippen LogP contribution is 2.38. The van der Waals surface area contributed by atoms with E-state index in [1.54, 1.807) is 13.8 Å². The van der Waals surface area contributed by atoms with E-state index < -0.39 is 17.4 Å². The van der Waals surface area contributed by atoms with E-state index in [1.165, 1.54) is 0 Å². The van der Waals surface area contributed by atoms with Gasteiger partial charge >= 0.3 is 11.9 Å². The maximum atomic E-state index is 13.2. The van der Waals surface area contributed by atoms with Gasteiger partial charge in [-0.25, -0.2) is 0 Å². The first-order valence-electron chi connectivity index (χ1n) is 10.8. The van der Waals surface area contributed by atoms with Crippen LogP contribution in [-0.4, -0.2) is 25.2 Å². The second-order valence-electron chi connectivity index (χ2n) is 7.60. The number of hydrogen-bond acceptors (Lipinski definition) is 4. The molecule has 0 atom stereocenters. The molecule has 3 rings (SSSR count). The van der Waals surface area contributed by atoms with Crippen molar-refractivity contribution in [1.82, 2.24) is 0 Å². The predicted octanol–water partition coefficient (Wildman–Crippen LogP) is 5.84. The first kappa shape index (κ1) is 21.8. The largest absolute Gasteiger partial charge is 0.465 e. The van der Waals surface area contributed by atoms with Gasteiger partial charge in [0.15, 0.2) is 5.41 Å². The Morgan fingerprint density at radius 2 is 1.30 bits per heavy atom. The van der Waals surface area contributed by atoms with E-state index in [0.717, 1.165) is 39.9 Å². The summed E-state index contributed by atoms with van der Waals surface area (Å²) in [6.45, 7) is 6.03. The molecule has 0 N–H and O–H groups in total. The lowest BCUT2D eigenvalue weighted by molar-refractivity contribution is -0.172. The van der Waals surface area contributed by atoms with Crippen LogP contribution in [0.25, 0.3) is 21.5 Å². The Labute approximate surface area is 178 Å². The topological polar surface area (TPSA) is 52.6 Å². The van der Waals surface area contributed by atoms with Crippen molar-refractivity contribution < 1.29 is 19.1 Å². The van der Waals surface area contributed by atoms with Gasteiger partial charge in [0, 0.05) is 6.42 Å². The summed E-state index contributed by atoms with van der Waals surface area (Å²) in [7, 11) is 0. The Morgan fingerprint density at radius 3 is 1.77 bits per heavy atom. The van der Waals surface area contributed by atoms with Crippen LogP contribution >= 0.6 is 0 Å². The highest BCUT2D eigenvalue weighted by Gasteiger charge is 2.48. The molecule has 158 valence electrons. The van der Waals surface area contributed by atoms with Gasteiger partial charge in [-0.1, -0.05) is 68.3 Å². The van der Waals surface area contributed by atoms with Crippen molar-refractivity contribution >= 4 is 33.5 Å². The average Bonchev–Trinajstić information content (AvgIpc) is 2.76. The number of fused-ring (bicyclic) bond motifs is 2. The fraction of sp³-hybridized carbons (Fsp3) is 0.385. The summed E-state index contributed by atoms with van der Waals surface area (Å²) in [5, 5.41) is 4.27. The molecule has 0 aliphatic carbocycles. The molecule has 0 unspecified atom stereocenters. The first-order valence-corrected chi connectivity index (χ1v) is 10.8. The van der Waals surface area contributed by atoms with Crippen LogP contribution in [0.2, 0.25) is 0 Å². The van der Waals surface area contributed by atoms with Gasteiger partial charge in [0.1, 0.15) is 0 Å². The molecule has 3 aromatic rings. The maximum Gasteiger partial charge on any atom is 0.323 e. The van der Waals surface area contributed by atoms with E-state index in [1.807, 2.05) is 31.2 Å². The fourth-order valence-corrected chi connectivity index (χ4v) is 4.14. The summed E-state index contributed by atoms with van der Waals surface area (Å²) in [5.74, 6) is -0.983. The van der Waals surface area contributed by atoms with Crippen molar-refractivity contribution in [3.05, 3.63) is 60.2 Å². The van der Waals surface area contributed by atoms with E-state index in [4.69, 9.17) is 9.47 Å². The number of unbranched alkanes of at least 4 members (excludes halogenated alkanes) is 1. The Kier molecular flexibility index (Phi) is 7.09. The molecule has 0 radical (unpaired) electrons. The molecule has 0 fully saturated rings. The zero-order valence-electron chi connectivity index (χ0n) is 18.1. The monoisotopic (exact) mass is 406 g/mol. The van der Waals surface area contributed by atoms with Crippen molar-refractivity contribution in [2.75, 3.05) is 13.2 Å². The predicted molar refractivity (Wildman–Crippen MR) is 120 cm³/mol. The van der Waals surface area contributed by atoms with Crippen LogP contribution in [0.5, 0.6) is 0 Å². The van der Waals surface area contributed by atoms with E-state index in [-0.39, 0.29) is 19.6 Å². The van der Waals surface area contributed by atoms with Gasteiger partial charge in [-0.15, -0.1) is 0 Å². The van der Waals surface area contributed by atoms with Crippen molar-refractivity contribution in [3.63, 3.8) is 0 Å². The third-order valence-corrected chi connectivity index (χ3v) is 5.65. The molecule has 0 spiro atoms. The molecule has 0 heterocycles. The van der Waals surface area contributed by atoms with Gasteiger partial charge in [0.2, 0.25) is 0 Å². The van der Waals surface area contributed by atoms with Crippen molar-refractivity contribution in [2.24, 2.45) is 5.41 Å². The average molecular weight is 407 g/mol. The SMILES string of the molecule is CCCCC(Cc1c2ccccc2cc2ccccc12)(C(=O)OCC)C(=O)OCC. The quantitative estimate of drug-likeness (QED) is 0.254. The summed E-state index contributed by atoms with van der Waals surface area (Å²) in [6.07, 6.45) is 2.27. The molecular formula is C26H30O4. The van der Waals surface area contributed by atoms with Crippen LogP contribution < -0.4 is 0 Å². The third kappa shape index (κ3) is 4.18. The van der Waals surface area contributed by atoms with Crippen LogP contribution in [0.1, 0.15) is 45.6 Å². The Morgan fingerprint density at radius 1 is 0.800 bits per heavy atom. The van der Waals surface area contributed by atoms with Gasteiger partial charge in [-0.05, 0) is 53.4 Å². The number of ether oxygens (including phenoxy) is 2. The molecule has 30 heavy (non-hydrogen) atoms. The highest BCUT2D eigenvalue weighted by molar-refractivity contribution is 6.05. The lowest BCUT2D eigenvalue weighted by Gasteiger charge is -2.30. The van der Waals surface area contributed by atoms with Crippen molar-refractivity contribution in [2.45, 2.75) is 46.5 Å². The Balaban J connectivity index is 2.25. The van der Waals surface area contributed by atoms with Gasteiger partial charge in [0.25, 0.3) is 0 Å². The second kappa shape index (κ2) is 9.75. The van der Waals surface area contributed by atoms with Crippen molar-refractivity contribution in [3.8, 4) is 0 Å². The standard InChI is InChI=1S/C26H30O4/c1-4-7-16-26(24(27)29-5-2,25(28)30-6-3)18-23-21-14-10-8-12-19(21)17-20-13-9-11-15-22(20)23/h8-15,17H,4-7,16,18H2,1-3H3. The number of rotatable bonds is 9. The minimum atomic E-state index is -1.35. The van der Waals surface area contributed by atoms with Gasteiger partial charge in [-0.2, -0.15) is 0 Å². The van der Waals surface area contributed by atoms with Crippen molar-refractivity contribution in [1.29, 1.82) is 0 Å². The number of carbonyl (C=O) groups excluding carboxylic acids is 2. The summed E-state index contributed by atoms with van der Waals surface area (Å²) in [4.78, 5) is 26.5. The number of esters is 2. The molecule has 4 heteroatoms. The van der Waals surface area contributed by atoms with Crippen LogP contribution in [0.15, 0.2) is 54.6 Å².